The molecule has 1 unspecified atom stereocenters. The van der Waals surface area contributed by atoms with Gasteiger partial charge in [0.15, 0.2) is 9.84 Å². The molecule has 1 aromatic carbocycles. The highest BCUT2D eigenvalue weighted by Crippen LogP contribution is 2.34. The van der Waals surface area contributed by atoms with E-state index in [4.69, 9.17) is 5.73 Å². The summed E-state index contributed by atoms with van der Waals surface area (Å²) in [4.78, 5) is 0.384. The van der Waals surface area contributed by atoms with E-state index in [0.29, 0.717) is 15.8 Å². The second kappa shape index (κ2) is 3.88. The molecule has 1 heterocycles. The molecule has 2 rings (SSSR count). The van der Waals surface area contributed by atoms with Crippen molar-refractivity contribution < 1.29 is 8.42 Å². The standard InChI is InChI=1S/C10H12BrNO2S/c11-8-4-1-3-7-9(12)5-2-6-15(13,14)10(7)8/h1,3-4,9H,2,5-6,12H2. The predicted octanol–water partition coefficient (Wildman–Crippen LogP) is 2.02. The Morgan fingerprint density at radius 2 is 2.13 bits per heavy atom. The lowest BCUT2D eigenvalue weighted by atomic mass is 10.0. The van der Waals surface area contributed by atoms with Crippen LogP contribution in [0.3, 0.4) is 0 Å². The van der Waals surface area contributed by atoms with E-state index in [1.807, 2.05) is 6.07 Å². The van der Waals surface area contributed by atoms with Gasteiger partial charge in [0.1, 0.15) is 0 Å². The Labute approximate surface area is 97.7 Å². The van der Waals surface area contributed by atoms with Crippen LogP contribution in [0.2, 0.25) is 0 Å². The molecule has 0 spiro atoms. The third-order valence-electron chi connectivity index (χ3n) is 2.64. The molecule has 1 atom stereocenters. The monoisotopic (exact) mass is 289 g/mol. The molecule has 0 amide bonds. The van der Waals surface area contributed by atoms with Crippen LogP contribution < -0.4 is 5.73 Å². The fourth-order valence-corrected chi connectivity index (χ4v) is 4.71. The maximum absolute atomic E-state index is 12.0. The molecule has 1 aromatic rings. The largest absolute Gasteiger partial charge is 0.324 e. The van der Waals surface area contributed by atoms with Crippen LogP contribution in [0.1, 0.15) is 24.4 Å². The Hall–Kier alpha value is -0.390. The van der Waals surface area contributed by atoms with E-state index in [1.165, 1.54) is 0 Å². The number of fused-ring (bicyclic) bond motifs is 1. The number of hydrogen-bond donors (Lipinski definition) is 1. The van der Waals surface area contributed by atoms with Crippen molar-refractivity contribution in [2.45, 2.75) is 23.8 Å². The number of benzene rings is 1. The smallest absolute Gasteiger partial charge is 0.179 e. The zero-order chi connectivity index (χ0) is 11.1. The minimum Gasteiger partial charge on any atom is -0.324 e. The first-order valence-corrected chi connectivity index (χ1v) is 7.23. The number of nitrogens with two attached hydrogens (primary N) is 1. The topological polar surface area (TPSA) is 60.2 Å². The molecule has 1 aliphatic rings. The summed E-state index contributed by atoms with van der Waals surface area (Å²) in [7, 11) is -3.17. The van der Waals surface area contributed by atoms with Gasteiger partial charge in [-0.05, 0) is 40.4 Å². The van der Waals surface area contributed by atoms with Gasteiger partial charge < -0.3 is 5.73 Å². The Kier molecular flexibility index (Phi) is 2.87. The molecule has 0 aromatic heterocycles. The molecule has 5 heteroatoms. The van der Waals surface area contributed by atoms with Crippen molar-refractivity contribution in [1.29, 1.82) is 0 Å². The first kappa shape index (κ1) is 11.1. The molecule has 1 aliphatic heterocycles. The lowest BCUT2D eigenvalue weighted by molar-refractivity contribution is 0.594. The van der Waals surface area contributed by atoms with Crippen LogP contribution in [0.4, 0.5) is 0 Å². The van der Waals surface area contributed by atoms with Gasteiger partial charge in [0.25, 0.3) is 0 Å². The summed E-state index contributed by atoms with van der Waals surface area (Å²) in [5.74, 6) is 0.191. The molecule has 0 radical (unpaired) electrons. The van der Waals surface area contributed by atoms with E-state index in [2.05, 4.69) is 15.9 Å². The normalized spacial score (nSPS) is 24.3. The highest BCUT2D eigenvalue weighted by Gasteiger charge is 2.27. The van der Waals surface area contributed by atoms with Crippen molar-refractivity contribution in [3.63, 3.8) is 0 Å². The minimum atomic E-state index is -3.17. The maximum Gasteiger partial charge on any atom is 0.179 e. The first-order valence-electron chi connectivity index (χ1n) is 4.79. The summed E-state index contributed by atoms with van der Waals surface area (Å²) in [6.45, 7) is 0. The first-order chi connectivity index (χ1) is 7.02. The van der Waals surface area contributed by atoms with E-state index in [1.54, 1.807) is 12.1 Å². The Balaban J connectivity index is 2.74. The van der Waals surface area contributed by atoms with Crippen LogP contribution in [0.5, 0.6) is 0 Å². The van der Waals surface area contributed by atoms with Gasteiger partial charge in [0, 0.05) is 10.5 Å². The fraction of sp³-hybridized carbons (Fsp3) is 0.400. The summed E-state index contributed by atoms with van der Waals surface area (Å²) in [6.07, 6.45) is 1.35. The van der Waals surface area contributed by atoms with E-state index < -0.39 is 9.84 Å². The van der Waals surface area contributed by atoms with Crippen molar-refractivity contribution >= 4 is 25.8 Å². The third kappa shape index (κ3) is 1.96. The molecular weight excluding hydrogens is 278 g/mol. The molecule has 0 saturated carbocycles. The molecule has 0 bridgehead atoms. The van der Waals surface area contributed by atoms with Crippen LogP contribution in [0.25, 0.3) is 0 Å². The quantitative estimate of drug-likeness (QED) is 0.795. The highest BCUT2D eigenvalue weighted by molar-refractivity contribution is 9.10. The van der Waals surface area contributed by atoms with Gasteiger partial charge in [-0.2, -0.15) is 0 Å². The van der Waals surface area contributed by atoms with Gasteiger partial charge in [0.05, 0.1) is 10.6 Å². The number of hydrogen-bond acceptors (Lipinski definition) is 3. The Morgan fingerprint density at radius 3 is 2.87 bits per heavy atom. The van der Waals surface area contributed by atoms with E-state index in [0.717, 1.165) is 12.0 Å². The lowest BCUT2D eigenvalue weighted by Gasteiger charge is -2.12. The van der Waals surface area contributed by atoms with Crippen LogP contribution >= 0.6 is 15.9 Å². The average molecular weight is 290 g/mol. The second-order valence-electron chi connectivity index (χ2n) is 3.73. The lowest BCUT2D eigenvalue weighted by Crippen LogP contribution is -2.11. The van der Waals surface area contributed by atoms with Crippen molar-refractivity contribution in [2.75, 3.05) is 5.75 Å². The average Bonchev–Trinajstić information content (AvgIpc) is 2.26. The van der Waals surface area contributed by atoms with Crippen molar-refractivity contribution in [3.05, 3.63) is 28.2 Å². The second-order valence-corrected chi connectivity index (χ2v) is 6.63. The summed E-state index contributed by atoms with van der Waals surface area (Å²) in [6, 6.07) is 5.20. The predicted molar refractivity (Wildman–Crippen MR) is 62.4 cm³/mol. The van der Waals surface area contributed by atoms with E-state index in [9.17, 15) is 8.42 Å². The molecule has 2 N–H and O–H groups in total. The van der Waals surface area contributed by atoms with Crippen molar-refractivity contribution in [2.24, 2.45) is 5.73 Å². The van der Waals surface area contributed by atoms with Crippen LogP contribution in [-0.4, -0.2) is 14.2 Å². The molecular formula is C10H12BrNO2S. The molecule has 3 nitrogen and oxygen atoms in total. The van der Waals surface area contributed by atoms with Gasteiger partial charge in [-0.25, -0.2) is 8.42 Å². The summed E-state index contributed by atoms with van der Waals surface area (Å²) in [5, 5.41) is 0. The summed E-state index contributed by atoms with van der Waals surface area (Å²) < 4.78 is 24.6. The molecule has 0 aliphatic carbocycles. The van der Waals surface area contributed by atoms with E-state index in [-0.39, 0.29) is 11.8 Å². The summed E-state index contributed by atoms with van der Waals surface area (Å²) in [5.41, 5.74) is 6.69. The van der Waals surface area contributed by atoms with Crippen molar-refractivity contribution in [3.8, 4) is 0 Å². The minimum absolute atomic E-state index is 0.172. The number of sulfone groups is 1. The van der Waals surface area contributed by atoms with Crippen LogP contribution in [0.15, 0.2) is 27.6 Å². The fourth-order valence-electron chi connectivity index (χ4n) is 1.90. The molecule has 82 valence electrons. The van der Waals surface area contributed by atoms with Crippen molar-refractivity contribution in [1.82, 2.24) is 0 Å². The Bertz CT molecular complexity index is 484. The van der Waals surface area contributed by atoms with Gasteiger partial charge in [-0.1, -0.05) is 12.1 Å². The maximum atomic E-state index is 12.0. The zero-order valence-corrected chi connectivity index (χ0v) is 10.5. The molecule has 15 heavy (non-hydrogen) atoms. The molecule has 0 saturated heterocycles. The van der Waals surface area contributed by atoms with Gasteiger partial charge in [-0.15, -0.1) is 0 Å². The number of halogens is 1. The zero-order valence-electron chi connectivity index (χ0n) is 8.11. The SMILES string of the molecule is NC1CCCS(=O)(=O)c2c(Br)cccc21. The highest BCUT2D eigenvalue weighted by atomic mass is 79.9. The third-order valence-corrected chi connectivity index (χ3v) is 5.46. The summed E-state index contributed by atoms with van der Waals surface area (Å²) >= 11 is 3.29. The van der Waals surface area contributed by atoms with Crippen LogP contribution in [0, 0.1) is 0 Å². The van der Waals surface area contributed by atoms with Gasteiger partial charge in [-0.3, -0.25) is 0 Å². The molecule has 0 fully saturated rings. The van der Waals surface area contributed by atoms with Gasteiger partial charge in [0.2, 0.25) is 0 Å². The van der Waals surface area contributed by atoms with Crippen LogP contribution in [-0.2, 0) is 9.84 Å². The Morgan fingerprint density at radius 1 is 1.40 bits per heavy atom. The van der Waals surface area contributed by atoms with Gasteiger partial charge >= 0.3 is 0 Å². The van der Waals surface area contributed by atoms with E-state index >= 15 is 0 Å². The number of rotatable bonds is 0.